The van der Waals surface area contributed by atoms with Crippen molar-refractivity contribution in [1.29, 1.82) is 0 Å². The maximum Gasteiger partial charge on any atom is 0.226 e. The van der Waals surface area contributed by atoms with Crippen molar-refractivity contribution in [1.82, 2.24) is 10.3 Å². The minimum absolute atomic E-state index is 0.108. The van der Waals surface area contributed by atoms with Gasteiger partial charge in [0.05, 0.1) is 12.0 Å². The molecule has 0 radical (unpaired) electrons. The Morgan fingerprint density at radius 2 is 2.41 bits per heavy atom. The van der Waals surface area contributed by atoms with Crippen LogP contribution >= 0.6 is 0 Å². The number of oxazole rings is 1. The molecule has 1 heterocycles. The lowest BCUT2D eigenvalue weighted by atomic mass is 10.0. The van der Waals surface area contributed by atoms with Gasteiger partial charge in [-0.3, -0.25) is 4.79 Å². The number of carbonyl (C=O) groups is 1. The van der Waals surface area contributed by atoms with Crippen LogP contribution in [0.15, 0.2) is 10.8 Å². The van der Waals surface area contributed by atoms with Gasteiger partial charge in [0.1, 0.15) is 11.5 Å². The fourth-order valence-corrected chi connectivity index (χ4v) is 1.89. The normalized spacial score (nSPS) is 16.8. The van der Waals surface area contributed by atoms with Gasteiger partial charge in [0.2, 0.25) is 5.91 Å². The fourth-order valence-electron chi connectivity index (χ4n) is 1.89. The van der Waals surface area contributed by atoms with E-state index in [0.717, 1.165) is 30.7 Å². The molecule has 1 aromatic rings. The topological polar surface area (TPSA) is 64.4 Å². The summed E-state index contributed by atoms with van der Waals surface area (Å²) in [7, 11) is 1.66. The number of hydrogen-bond donors (Lipinski definition) is 1. The van der Waals surface area contributed by atoms with Crippen molar-refractivity contribution in [2.24, 2.45) is 5.41 Å². The number of hydrogen-bond acceptors (Lipinski definition) is 4. The highest BCUT2D eigenvalue weighted by molar-refractivity contribution is 5.85. The summed E-state index contributed by atoms with van der Waals surface area (Å²) < 4.78 is 10.1. The Kier molecular flexibility index (Phi) is 3.47. The van der Waals surface area contributed by atoms with Crippen LogP contribution in [0, 0.1) is 12.3 Å². The van der Waals surface area contributed by atoms with E-state index in [1.807, 2.05) is 6.92 Å². The van der Waals surface area contributed by atoms with Crippen LogP contribution in [0.3, 0.4) is 0 Å². The first kappa shape index (κ1) is 12.1. The quantitative estimate of drug-likeness (QED) is 0.814. The molecule has 0 aliphatic heterocycles. The SMILES string of the molecule is COCCC1(C(=O)NCc2ncoc2C)CC1. The van der Waals surface area contributed by atoms with Crippen LogP contribution in [0.2, 0.25) is 0 Å². The van der Waals surface area contributed by atoms with Crippen LogP contribution in [-0.4, -0.2) is 24.6 Å². The number of carbonyl (C=O) groups excluding carboxylic acids is 1. The zero-order valence-electron chi connectivity index (χ0n) is 10.3. The van der Waals surface area contributed by atoms with E-state index in [9.17, 15) is 4.79 Å². The van der Waals surface area contributed by atoms with Crippen molar-refractivity contribution in [3.63, 3.8) is 0 Å². The molecule has 5 heteroatoms. The standard InChI is InChI=1S/C12H18N2O3/c1-9-10(14-8-17-9)7-13-11(15)12(3-4-12)5-6-16-2/h8H,3-7H2,1-2H3,(H,13,15). The van der Waals surface area contributed by atoms with Gasteiger partial charge in [-0.2, -0.15) is 0 Å². The van der Waals surface area contributed by atoms with Crippen molar-refractivity contribution >= 4 is 5.91 Å². The van der Waals surface area contributed by atoms with Gasteiger partial charge in [0.15, 0.2) is 6.39 Å². The predicted molar refractivity (Wildman–Crippen MR) is 61.2 cm³/mol. The van der Waals surface area contributed by atoms with Crippen LogP contribution in [0.5, 0.6) is 0 Å². The average molecular weight is 238 g/mol. The molecule has 0 unspecified atom stereocenters. The number of ether oxygens (including phenoxy) is 1. The molecule has 1 aliphatic rings. The monoisotopic (exact) mass is 238 g/mol. The molecule has 5 nitrogen and oxygen atoms in total. The molecule has 1 aromatic heterocycles. The fraction of sp³-hybridized carbons (Fsp3) is 0.667. The molecule has 0 bridgehead atoms. The molecule has 0 saturated heterocycles. The van der Waals surface area contributed by atoms with E-state index < -0.39 is 0 Å². The Morgan fingerprint density at radius 3 is 2.94 bits per heavy atom. The summed E-state index contributed by atoms with van der Waals surface area (Å²) in [5.41, 5.74) is 0.606. The van der Waals surface area contributed by atoms with Crippen LogP contribution in [-0.2, 0) is 16.1 Å². The zero-order valence-corrected chi connectivity index (χ0v) is 10.3. The third kappa shape index (κ3) is 2.66. The highest BCUT2D eigenvalue weighted by atomic mass is 16.5. The molecule has 0 aromatic carbocycles. The van der Waals surface area contributed by atoms with E-state index in [-0.39, 0.29) is 11.3 Å². The van der Waals surface area contributed by atoms with E-state index in [2.05, 4.69) is 10.3 Å². The summed E-state index contributed by atoms with van der Waals surface area (Å²) in [6.07, 6.45) is 4.11. The second-order valence-corrected chi connectivity index (χ2v) is 4.56. The number of rotatable bonds is 6. The van der Waals surface area contributed by atoms with E-state index in [1.165, 1.54) is 6.39 Å². The summed E-state index contributed by atoms with van der Waals surface area (Å²) in [6.45, 7) is 2.92. The van der Waals surface area contributed by atoms with E-state index in [4.69, 9.17) is 9.15 Å². The molecule has 17 heavy (non-hydrogen) atoms. The Balaban J connectivity index is 1.83. The molecule has 1 aliphatic carbocycles. The van der Waals surface area contributed by atoms with Crippen LogP contribution in [0.1, 0.15) is 30.7 Å². The summed E-state index contributed by atoms with van der Waals surface area (Å²) in [5, 5.41) is 2.92. The summed E-state index contributed by atoms with van der Waals surface area (Å²) in [4.78, 5) is 16.1. The summed E-state index contributed by atoms with van der Waals surface area (Å²) in [5.74, 6) is 0.865. The first-order valence-corrected chi connectivity index (χ1v) is 5.84. The number of methoxy groups -OCH3 is 1. The number of aromatic nitrogens is 1. The largest absolute Gasteiger partial charge is 0.448 e. The van der Waals surface area contributed by atoms with Crippen LogP contribution in [0.25, 0.3) is 0 Å². The predicted octanol–water partition coefficient (Wildman–Crippen LogP) is 1.42. The number of aryl methyl sites for hydroxylation is 1. The first-order valence-electron chi connectivity index (χ1n) is 5.84. The first-order chi connectivity index (χ1) is 8.18. The van der Waals surface area contributed by atoms with Crippen molar-refractivity contribution in [3.8, 4) is 0 Å². The lowest BCUT2D eigenvalue weighted by Gasteiger charge is -2.14. The Bertz CT molecular complexity index is 396. The van der Waals surface area contributed by atoms with Crippen LogP contribution in [0.4, 0.5) is 0 Å². The molecule has 0 atom stereocenters. The minimum atomic E-state index is -0.187. The van der Waals surface area contributed by atoms with Crippen molar-refractivity contribution in [2.45, 2.75) is 32.7 Å². The lowest BCUT2D eigenvalue weighted by molar-refractivity contribution is -0.127. The van der Waals surface area contributed by atoms with E-state index in [1.54, 1.807) is 7.11 Å². The molecule has 1 N–H and O–H groups in total. The number of nitrogens with one attached hydrogen (secondary N) is 1. The Labute approximate surface area is 101 Å². The van der Waals surface area contributed by atoms with Crippen molar-refractivity contribution in [2.75, 3.05) is 13.7 Å². The van der Waals surface area contributed by atoms with Gasteiger partial charge in [-0.25, -0.2) is 4.98 Å². The second kappa shape index (κ2) is 4.87. The van der Waals surface area contributed by atoms with Crippen molar-refractivity contribution < 1.29 is 13.9 Å². The Hall–Kier alpha value is -1.36. The third-order valence-corrected chi connectivity index (χ3v) is 3.38. The summed E-state index contributed by atoms with van der Waals surface area (Å²) in [6, 6.07) is 0. The van der Waals surface area contributed by atoms with Crippen molar-refractivity contribution in [3.05, 3.63) is 17.8 Å². The van der Waals surface area contributed by atoms with Gasteiger partial charge in [-0.1, -0.05) is 0 Å². The maximum absolute atomic E-state index is 12.0. The Morgan fingerprint density at radius 1 is 1.65 bits per heavy atom. The molecule has 1 amide bonds. The minimum Gasteiger partial charge on any atom is -0.448 e. The second-order valence-electron chi connectivity index (χ2n) is 4.56. The number of nitrogens with zero attached hydrogens (tertiary/aromatic N) is 1. The molecule has 2 rings (SSSR count). The molecular weight excluding hydrogens is 220 g/mol. The lowest BCUT2D eigenvalue weighted by Crippen LogP contribution is -2.32. The van der Waals surface area contributed by atoms with E-state index in [0.29, 0.717) is 13.2 Å². The average Bonchev–Trinajstić information content (AvgIpc) is 3.01. The van der Waals surface area contributed by atoms with Gasteiger partial charge in [-0.05, 0) is 26.2 Å². The number of amides is 1. The molecule has 94 valence electrons. The van der Waals surface area contributed by atoms with Gasteiger partial charge in [0.25, 0.3) is 0 Å². The van der Waals surface area contributed by atoms with Crippen LogP contribution < -0.4 is 5.32 Å². The molecular formula is C12H18N2O3. The van der Waals surface area contributed by atoms with Gasteiger partial charge in [-0.15, -0.1) is 0 Å². The van der Waals surface area contributed by atoms with Gasteiger partial charge < -0.3 is 14.5 Å². The molecule has 1 fully saturated rings. The highest BCUT2D eigenvalue weighted by Crippen LogP contribution is 2.48. The third-order valence-electron chi connectivity index (χ3n) is 3.38. The van der Waals surface area contributed by atoms with Gasteiger partial charge in [0, 0.05) is 13.7 Å². The molecule has 1 saturated carbocycles. The highest BCUT2D eigenvalue weighted by Gasteiger charge is 2.48. The van der Waals surface area contributed by atoms with E-state index >= 15 is 0 Å². The maximum atomic E-state index is 12.0. The van der Waals surface area contributed by atoms with Gasteiger partial charge >= 0.3 is 0 Å². The smallest absolute Gasteiger partial charge is 0.226 e. The molecule has 0 spiro atoms. The summed E-state index contributed by atoms with van der Waals surface area (Å²) >= 11 is 0. The zero-order chi connectivity index (χ0) is 12.3.